The largest absolute Gasteiger partial charge is 0.336 e. The van der Waals surface area contributed by atoms with Crippen molar-refractivity contribution in [2.75, 3.05) is 19.1 Å². The van der Waals surface area contributed by atoms with E-state index >= 15 is 0 Å². The number of imidazole rings is 1. The molecule has 112 valence electrons. The van der Waals surface area contributed by atoms with Crippen LogP contribution in [0.3, 0.4) is 0 Å². The van der Waals surface area contributed by atoms with Gasteiger partial charge < -0.3 is 4.90 Å². The number of amides is 1. The Morgan fingerprint density at radius 2 is 2.27 bits per heavy atom. The molecule has 1 amide bonds. The first kappa shape index (κ1) is 15.0. The van der Waals surface area contributed by atoms with Gasteiger partial charge in [-0.2, -0.15) is 11.8 Å². The number of carbonyl (C=O) groups is 1. The van der Waals surface area contributed by atoms with Gasteiger partial charge in [-0.3, -0.25) is 9.36 Å². The van der Waals surface area contributed by atoms with E-state index < -0.39 is 0 Å². The molecule has 0 aliphatic carbocycles. The third-order valence-corrected chi connectivity index (χ3v) is 4.24. The van der Waals surface area contributed by atoms with E-state index in [1.165, 1.54) is 0 Å². The number of rotatable bonds is 1. The van der Waals surface area contributed by atoms with E-state index in [1.807, 2.05) is 23.0 Å². The van der Waals surface area contributed by atoms with Gasteiger partial charge in [0.1, 0.15) is 12.0 Å². The molecule has 22 heavy (non-hydrogen) atoms. The Bertz CT molecular complexity index is 803. The highest BCUT2D eigenvalue weighted by Crippen LogP contribution is 2.29. The summed E-state index contributed by atoms with van der Waals surface area (Å²) in [6, 6.07) is 5.44. The number of hydrogen-bond donors (Lipinski definition) is 0. The lowest BCUT2D eigenvalue weighted by atomic mass is 10.1. The van der Waals surface area contributed by atoms with Crippen molar-refractivity contribution in [1.29, 1.82) is 0 Å². The molecule has 0 saturated heterocycles. The molecule has 2 heterocycles. The lowest BCUT2D eigenvalue weighted by molar-refractivity contribution is 0.0788. The molecule has 0 unspecified atom stereocenters. The van der Waals surface area contributed by atoms with Crippen LogP contribution in [-0.2, 0) is 6.54 Å². The van der Waals surface area contributed by atoms with Gasteiger partial charge in [0, 0.05) is 7.05 Å². The van der Waals surface area contributed by atoms with Crippen LogP contribution >= 0.6 is 23.4 Å². The smallest absolute Gasteiger partial charge is 0.257 e. The minimum absolute atomic E-state index is 0.0904. The number of nitrogens with zero attached hydrogens (tertiary/aromatic N) is 3. The molecule has 1 aromatic heterocycles. The molecule has 2 aromatic rings. The second kappa shape index (κ2) is 6.07. The minimum atomic E-state index is -0.0904. The van der Waals surface area contributed by atoms with Crippen LogP contribution in [0.25, 0.3) is 5.69 Å². The van der Waals surface area contributed by atoms with Crippen molar-refractivity contribution in [1.82, 2.24) is 14.5 Å². The van der Waals surface area contributed by atoms with E-state index in [0.717, 1.165) is 17.1 Å². The molecular formula is C16H14ClN3OS. The van der Waals surface area contributed by atoms with Crippen molar-refractivity contribution in [2.45, 2.75) is 6.54 Å². The number of thioether (sulfide) groups is 1. The van der Waals surface area contributed by atoms with Crippen molar-refractivity contribution in [2.24, 2.45) is 0 Å². The molecule has 0 atom stereocenters. The average molecular weight is 332 g/mol. The number of fused-ring (bicyclic) bond motifs is 3. The van der Waals surface area contributed by atoms with Gasteiger partial charge in [0.2, 0.25) is 0 Å². The summed E-state index contributed by atoms with van der Waals surface area (Å²) in [6.07, 6.45) is 3.72. The lowest BCUT2D eigenvalue weighted by Gasteiger charge is -2.14. The van der Waals surface area contributed by atoms with Crippen molar-refractivity contribution >= 4 is 29.3 Å². The molecular weight excluding hydrogens is 318 g/mol. The molecule has 0 radical (unpaired) electrons. The van der Waals surface area contributed by atoms with E-state index in [2.05, 4.69) is 16.8 Å². The summed E-state index contributed by atoms with van der Waals surface area (Å²) >= 11 is 7.90. The van der Waals surface area contributed by atoms with E-state index in [9.17, 15) is 4.79 Å². The molecule has 0 bridgehead atoms. The first-order valence-electron chi connectivity index (χ1n) is 6.72. The Morgan fingerprint density at radius 1 is 1.45 bits per heavy atom. The van der Waals surface area contributed by atoms with E-state index in [0.29, 0.717) is 22.8 Å². The summed E-state index contributed by atoms with van der Waals surface area (Å²) in [5.41, 5.74) is 2.88. The summed E-state index contributed by atoms with van der Waals surface area (Å²) in [5.74, 6) is 6.83. The van der Waals surface area contributed by atoms with E-state index in [-0.39, 0.29) is 5.91 Å². The van der Waals surface area contributed by atoms with Gasteiger partial charge in [-0.1, -0.05) is 23.6 Å². The van der Waals surface area contributed by atoms with Gasteiger partial charge >= 0.3 is 0 Å². The second-order valence-corrected chi connectivity index (χ2v) is 6.21. The molecule has 6 heteroatoms. The van der Waals surface area contributed by atoms with Crippen molar-refractivity contribution in [3.8, 4) is 17.5 Å². The first-order valence-corrected chi connectivity index (χ1v) is 8.49. The van der Waals surface area contributed by atoms with Crippen molar-refractivity contribution in [3.05, 3.63) is 46.5 Å². The number of halogens is 1. The predicted octanol–water partition coefficient (Wildman–Crippen LogP) is 2.83. The van der Waals surface area contributed by atoms with Crippen LogP contribution in [0.15, 0.2) is 24.5 Å². The number of hydrogen-bond acceptors (Lipinski definition) is 3. The maximum absolute atomic E-state index is 12.6. The summed E-state index contributed by atoms with van der Waals surface area (Å²) < 4.78 is 1.91. The second-order valence-electron chi connectivity index (χ2n) is 4.94. The highest BCUT2D eigenvalue weighted by Gasteiger charge is 2.27. The Balaban J connectivity index is 2.19. The summed E-state index contributed by atoms with van der Waals surface area (Å²) in [5, 5.41) is 0.450. The maximum Gasteiger partial charge on any atom is 0.257 e. The third-order valence-electron chi connectivity index (χ3n) is 3.49. The number of carbonyl (C=O) groups excluding carboxylic acids is 1. The van der Waals surface area contributed by atoms with Crippen molar-refractivity contribution in [3.63, 3.8) is 0 Å². The fourth-order valence-electron chi connectivity index (χ4n) is 2.44. The van der Waals surface area contributed by atoms with Gasteiger partial charge in [0.15, 0.2) is 0 Å². The highest BCUT2D eigenvalue weighted by molar-refractivity contribution is 7.98. The van der Waals surface area contributed by atoms with Gasteiger partial charge in [-0.15, -0.1) is 0 Å². The van der Waals surface area contributed by atoms with Crippen LogP contribution < -0.4 is 0 Å². The Morgan fingerprint density at radius 3 is 3.05 bits per heavy atom. The van der Waals surface area contributed by atoms with Crippen LogP contribution in [0.5, 0.6) is 0 Å². The van der Waals surface area contributed by atoms with Crippen LogP contribution in [0, 0.1) is 11.8 Å². The zero-order valence-corrected chi connectivity index (χ0v) is 13.8. The van der Waals surface area contributed by atoms with E-state index in [4.69, 9.17) is 11.6 Å². The van der Waals surface area contributed by atoms with Crippen LogP contribution in [0.2, 0.25) is 5.02 Å². The number of aromatic nitrogens is 2. The fraction of sp³-hybridized carbons (Fsp3) is 0.250. The topological polar surface area (TPSA) is 38.1 Å². The first-order chi connectivity index (χ1) is 10.6. The zero-order valence-electron chi connectivity index (χ0n) is 12.3. The zero-order chi connectivity index (χ0) is 15.7. The summed E-state index contributed by atoms with van der Waals surface area (Å²) in [6.45, 7) is 0.452. The maximum atomic E-state index is 12.6. The molecule has 4 nitrogen and oxygen atoms in total. The number of benzene rings is 1. The molecule has 1 aliphatic rings. The van der Waals surface area contributed by atoms with Crippen LogP contribution in [-0.4, -0.2) is 39.4 Å². The Kier molecular flexibility index (Phi) is 4.14. The highest BCUT2D eigenvalue weighted by atomic mass is 35.5. The van der Waals surface area contributed by atoms with Gasteiger partial charge in [-0.25, -0.2) is 4.98 Å². The molecule has 0 N–H and O–H groups in total. The lowest BCUT2D eigenvalue weighted by Crippen LogP contribution is -2.25. The normalized spacial score (nSPS) is 13.0. The fourth-order valence-corrected chi connectivity index (χ4v) is 2.91. The third kappa shape index (κ3) is 2.49. The summed E-state index contributed by atoms with van der Waals surface area (Å²) in [4.78, 5) is 18.6. The molecule has 1 aromatic carbocycles. The van der Waals surface area contributed by atoms with E-state index in [1.54, 1.807) is 36.1 Å². The summed E-state index contributed by atoms with van der Waals surface area (Å²) in [7, 11) is 1.76. The monoisotopic (exact) mass is 331 g/mol. The molecule has 3 rings (SSSR count). The molecule has 0 saturated carbocycles. The minimum Gasteiger partial charge on any atom is -0.336 e. The van der Waals surface area contributed by atoms with Gasteiger partial charge in [-0.05, 0) is 24.3 Å². The van der Waals surface area contributed by atoms with Crippen LogP contribution in [0.1, 0.15) is 21.7 Å². The molecule has 0 spiro atoms. The van der Waals surface area contributed by atoms with Crippen molar-refractivity contribution < 1.29 is 4.79 Å². The predicted molar refractivity (Wildman–Crippen MR) is 89.6 cm³/mol. The quantitative estimate of drug-likeness (QED) is 0.754. The Hall–Kier alpha value is -1.90. The Labute approximate surface area is 138 Å². The standard InChI is InChI=1S/C16H14ClN3OS/c1-19-9-14-12(6-4-8-22-2)18-10-20(14)13-7-3-5-11(17)15(13)16(19)21/h3,5,7,10H,8-9H2,1-2H3. The van der Waals surface area contributed by atoms with Crippen LogP contribution in [0.4, 0.5) is 0 Å². The molecule has 0 fully saturated rings. The van der Waals surface area contributed by atoms with Gasteiger partial charge in [0.05, 0.1) is 34.3 Å². The van der Waals surface area contributed by atoms with Gasteiger partial charge in [0.25, 0.3) is 5.91 Å². The average Bonchev–Trinajstić information content (AvgIpc) is 2.84. The molecule has 1 aliphatic heterocycles. The SMILES string of the molecule is CSCC#Cc1ncn2c1CN(C)C(=O)c1c(Cl)cccc1-2.